The molecule has 0 radical (unpaired) electrons. The zero-order valence-corrected chi connectivity index (χ0v) is 16.2. The smallest absolute Gasteiger partial charge is 0.437 e. The van der Waals surface area contributed by atoms with Crippen LogP contribution in [0.25, 0.3) is 0 Å². The molecule has 29 heavy (non-hydrogen) atoms. The van der Waals surface area contributed by atoms with Crippen molar-refractivity contribution in [3.8, 4) is 0 Å². The third-order valence-corrected chi connectivity index (χ3v) is 4.52. The monoisotopic (exact) mass is 401 g/mol. The predicted molar refractivity (Wildman–Crippen MR) is 107 cm³/mol. The summed E-state index contributed by atoms with van der Waals surface area (Å²) in [5, 5.41) is 0. The molecule has 1 aromatic carbocycles. The minimum Gasteiger partial charge on any atom is -0.443 e. The molecule has 8 nitrogen and oxygen atoms in total. The molecule has 0 saturated carbocycles. The van der Waals surface area contributed by atoms with Crippen molar-refractivity contribution in [2.75, 3.05) is 24.6 Å². The number of carbonyl (C=O) groups excluding carboxylic acids is 1. The van der Waals surface area contributed by atoms with E-state index >= 15 is 0 Å². The molecule has 1 fully saturated rings. The van der Waals surface area contributed by atoms with Crippen LogP contribution >= 0.6 is 0 Å². The lowest BCUT2D eigenvalue weighted by atomic mass is 9.99. The van der Waals surface area contributed by atoms with Gasteiger partial charge in [0, 0.05) is 36.5 Å². The molecule has 2 aromatic rings. The number of halogens is 1. The number of anilines is 1. The lowest BCUT2D eigenvalue weighted by molar-refractivity contribution is 0.0769. The van der Waals surface area contributed by atoms with Gasteiger partial charge in [0.2, 0.25) is 0 Å². The fourth-order valence-corrected chi connectivity index (χ4v) is 3.00. The molecule has 3 rings (SSSR count). The van der Waals surface area contributed by atoms with Crippen LogP contribution in [-0.2, 0) is 22.7 Å². The first kappa shape index (κ1) is 20.5. The number of rotatable bonds is 7. The van der Waals surface area contributed by atoms with E-state index in [1.807, 2.05) is 30.2 Å². The molecule has 2 heterocycles. The summed E-state index contributed by atoms with van der Waals surface area (Å²) in [6, 6.07) is 8.92. The molecular weight excluding hydrogens is 377 g/mol. The van der Waals surface area contributed by atoms with Crippen molar-refractivity contribution in [1.29, 1.82) is 0 Å². The third kappa shape index (κ3) is 5.64. The Morgan fingerprint density at radius 3 is 2.76 bits per heavy atom. The van der Waals surface area contributed by atoms with Gasteiger partial charge < -0.3 is 25.8 Å². The molecule has 1 aliphatic rings. The van der Waals surface area contributed by atoms with Crippen LogP contribution in [0.3, 0.4) is 0 Å². The van der Waals surface area contributed by atoms with Crippen molar-refractivity contribution < 1.29 is 18.7 Å². The number of benzene rings is 1. The van der Waals surface area contributed by atoms with Gasteiger partial charge in [0.05, 0.1) is 18.9 Å². The fourth-order valence-electron chi connectivity index (χ4n) is 3.00. The predicted octanol–water partition coefficient (Wildman–Crippen LogP) is 2.09. The SMILES string of the molecule is Cc1ccc(COCC2CN(c3cccc(COC(=O)N=C(N)N)c3F)C2)cn1. The van der Waals surface area contributed by atoms with Crippen molar-refractivity contribution in [3.05, 3.63) is 59.2 Å². The summed E-state index contributed by atoms with van der Waals surface area (Å²) in [5.41, 5.74) is 12.9. The van der Waals surface area contributed by atoms with E-state index in [4.69, 9.17) is 20.9 Å². The zero-order chi connectivity index (χ0) is 20.8. The Morgan fingerprint density at radius 2 is 2.07 bits per heavy atom. The number of nitrogens with two attached hydrogens (primary N) is 2. The van der Waals surface area contributed by atoms with E-state index < -0.39 is 17.9 Å². The highest BCUT2D eigenvalue weighted by atomic mass is 19.1. The number of amides is 1. The highest BCUT2D eigenvalue weighted by Crippen LogP contribution is 2.29. The highest BCUT2D eigenvalue weighted by Gasteiger charge is 2.29. The lowest BCUT2D eigenvalue weighted by Gasteiger charge is -2.41. The van der Waals surface area contributed by atoms with Crippen LogP contribution in [0.15, 0.2) is 41.5 Å². The number of aliphatic imine (C=N–C) groups is 1. The van der Waals surface area contributed by atoms with E-state index in [0.29, 0.717) is 37.9 Å². The number of guanidine groups is 1. The van der Waals surface area contributed by atoms with Crippen LogP contribution in [0.5, 0.6) is 0 Å². The van der Waals surface area contributed by atoms with Gasteiger partial charge in [-0.05, 0) is 24.6 Å². The molecule has 9 heteroatoms. The van der Waals surface area contributed by atoms with Crippen molar-refractivity contribution in [2.45, 2.75) is 20.1 Å². The summed E-state index contributed by atoms with van der Waals surface area (Å²) in [6.45, 7) is 4.19. The summed E-state index contributed by atoms with van der Waals surface area (Å²) >= 11 is 0. The topological polar surface area (TPSA) is 116 Å². The summed E-state index contributed by atoms with van der Waals surface area (Å²) in [5.74, 6) is -0.497. The standard InChI is InChI=1S/C20H24FN5O3/c1-13-5-6-14(7-24-13)10-28-11-15-8-26(9-15)17-4-2-3-16(18(17)21)12-29-20(27)25-19(22)23/h2-7,15H,8-12H2,1H3,(H4,22,23,25,27). The second-order valence-corrected chi connectivity index (χ2v) is 6.94. The lowest BCUT2D eigenvalue weighted by Crippen LogP contribution is -2.49. The van der Waals surface area contributed by atoms with Crippen LogP contribution in [0.1, 0.15) is 16.8 Å². The third-order valence-electron chi connectivity index (χ3n) is 4.52. The minimum atomic E-state index is -0.959. The molecule has 0 bridgehead atoms. The summed E-state index contributed by atoms with van der Waals surface area (Å²) in [4.78, 5) is 20.8. The highest BCUT2D eigenvalue weighted by molar-refractivity contribution is 5.87. The van der Waals surface area contributed by atoms with E-state index in [-0.39, 0.29) is 12.2 Å². The fraction of sp³-hybridized carbons (Fsp3) is 0.350. The average molecular weight is 401 g/mol. The van der Waals surface area contributed by atoms with Crippen LogP contribution in [0, 0.1) is 18.7 Å². The van der Waals surface area contributed by atoms with Crippen LogP contribution < -0.4 is 16.4 Å². The molecule has 0 atom stereocenters. The Balaban J connectivity index is 1.46. The van der Waals surface area contributed by atoms with Crippen molar-refractivity contribution in [1.82, 2.24) is 4.98 Å². The van der Waals surface area contributed by atoms with E-state index in [9.17, 15) is 9.18 Å². The van der Waals surface area contributed by atoms with Gasteiger partial charge in [0.1, 0.15) is 6.61 Å². The largest absolute Gasteiger partial charge is 0.443 e. The first-order chi connectivity index (χ1) is 13.9. The number of nitrogens with zero attached hydrogens (tertiary/aromatic N) is 3. The number of carbonyl (C=O) groups is 1. The molecule has 154 valence electrons. The Kier molecular flexibility index (Phi) is 6.61. The van der Waals surface area contributed by atoms with Crippen molar-refractivity contribution >= 4 is 17.7 Å². The quantitative estimate of drug-likeness (QED) is 0.539. The van der Waals surface area contributed by atoms with E-state index in [0.717, 1.165) is 11.3 Å². The molecule has 0 unspecified atom stereocenters. The summed E-state index contributed by atoms with van der Waals surface area (Å²) in [6.07, 6.45) is 0.850. The summed E-state index contributed by atoms with van der Waals surface area (Å²) < 4.78 is 25.3. The Bertz CT molecular complexity index is 878. The average Bonchev–Trinajstić information content (AvgIpc) is 2.64. The maximum absolute atomic E-state index is 14.7. The molecule has 4 N–H and O–H groups in total. The second kappa shape index (κ2) is 9.33. The van der Waals surface area contributed by atoms with E-state index in [1.54, 1.807) is 18.2 Å². The Morgan fingerprint density at radius 1 is 1.28 bits per heavy atom. The van der Waals surface area contributed by atoms with E-state index in [1.165, 1.54) is 0 Å². The molecule has 1 amide bonds. The van der Waals surface area contributed by atoms with Gasteiger partial charge in [0.15, 0.2) is 11.8 Å². The number of pyridine rings is 1. The molecule has 0 spiro atoms. The van der Waals surface area contributed by atoms with Gasteiger partial charge in [0.25, 0.3) is 0 Å². The Hall–Kier alpha value is -3.20. The number of hydrogen-bond acceptors (Lipinski definition) is 5. The van der Waals surface area contributed by atoms with Crippen LogP contribution in [-0.4, -0.2) is 36.7 Å². The van der Waals surface area contributed by atoms with Gasteiger partial charge >= 0.3 is 6.09 Å². The molecular formula is C20H24FN5O3. The van der Waals surface area contributed by atoms with Gasteiger partial charge in [-0.3, -0.25) is 4.98 Å². The maximum atomic E-state index is 14.7. The Labute approximate surface area is 168 Å². The van der Waals surface area contributed by atoms with Crippen LogP contribution in [0.4, 0.5) is 14.9 Å². The maximum Gasteiger partial charge on any atom is 0.437 e. The van der Waals surface area contributed by atoms with Crippen molar-refractivity contribution in [3.63, 3.8) is 0 Å². The molecule has 1 saturated heterocycles. The first-order valence-corrected chi connectivity index (χ1v) is 9.20. The molecule has 1 aliphatic heterocycles. The van der Waals surface area contributed by atoms with Gasteiger partial charge in [-0.15, -0.1) is 4.99 Å². The van der Waals surface area contributed by atoms with Crippen molar-refractivity contribution in [2.24, 2.45) is 22.4 Å². The number of aromatic nitrogens is 1. The van der Waals surface area contributed by atoms with Gasteiger partial charge in [-0.25, -0.2) is 9.18 Å². The second-order valence-electron chi connectivity index (χ2n) is 6.94. The normalized spacial score (nSPS) is 13.7. The van der Waals surface area contributed by atoms with Gasteiger partial charge in [-0.2, -0.15) is 0 Å². The number of ether oxygens (including phenoxy) is 2. The summed E-state index contributed by atoms with van der Waals surface area (Å²) in [7, 11) is 0. The first-order valence-electron chi connectivity index (χ1n) is 9.20. The number of hydrogen-bond donors (Lipinski definition) is 2. The zero-order valence-electron chi connectivity index (χ0n) is 16.2. The van der Waals surface area contributed by atoms with E-state index in [2.05, 4.69) is 9.98 Å². The van der Waals surface area contributed by atoms with Crippen LogP contribution in [0.2, 0.25) is 0 Å². The molecule has 1 aromatic heterocycles. The molecule has 0 aliphatic carbocycles. The van der Waals surface area contributed by atoms with Gasteiger partial charge in [-0.1, -0.05) is 18.2 Å². The number of aryl methyl sites for hydroxylation is 1. The minimum absolute atomic E-state index is 0.250.